The third kappa shape index (κ3) is 3.80. The van der Waals surface area contributed by atoms with Crippen LogP contribution in [-0.2, 0) is 4.74 Å². The van der Waals surface area contributed by atoms with Crippen molar-refractivity contribution in [3.05, 3.63) is 24.3 Å². The molecule has 1 N–H and O–H groups in total. The van der Waals surface area contributed by atoms with Crippen LogP contribution in [0.5, 0.6) is 0 Å². The van der Waals surface area contributed by atoms with E-state index < -0.39 is 5.60 Å². The predicted molar refractivity (Wildman–Crippen MR) is 93.2 cm³/mol. The number of nitrogens with zero attached hydrogens (tertiary/aromatic N) is 2. The highest BCUT2D eigenvalue weighted by molar-refractivity contribution is 5.74. The molecule has 6 nitrogen and oxygen atoms in total. The van der Waals surface area contributed by atoms with Gasteiger partial charge in [0.15, 0.2) is 5.58 Å². The zero-order valence-corrected chi connectivity index (χ0v) is 14.7. The van der Waals surface area contributed by atoms with E-state index in [1.54, 1.807) is 0 Å². The normalized spacial score (nSPS) is 21.8. The highest BCUT2D eigenvalue weighted by Gasteiger charge is 2.30. The summed E-state index contributed by atoms with van der Waals surface area (Å²) >= 11 is 0. The van der Waals surface area contributed by atoms with Crippen molar-refractivity contribution in [1.29, 1.82) is 0 Å². The smallest absolute Gasteiger partial charge is 0.407 e. The number of ether oxygens (including phenoxy) is 1. The van der Waals surface area contributed by atoms with Gasteiger partial charge >= 0.3 is 6.09 Å². The minimum absolute atomic E-state index is 0.107. The molecule has 1 fully saturated rings. The maximum absolute atomic E-state index is 11.9. The van der Waals surface area contributed by atoms with Gasteiger partial charge in [-0.2, -0.15) is 4.98 Å². The Morgan fingerprint density at radius 2 is 2.12 bits per heavy atom. The van der Waals surface area contributed by atoms with Gasteiger partial charge in [-0.15, -0.1) is 0 Å². The first-order valence-corrected chi connectivity index (χ1v) is 8.43. The number of amides is 1. The Morgan fingerprint density at radius 1 is 1.38 bits per heavy atom. The molecule has 2 heterocycles. The molecule has 0 saturated carbocycles. The quantitative estimate of drug-likeness (QED) is 0.908. The van der Waals surface area contributed by atoms with Crippen LogP contribution in [0.3, 0.4) is 0 Å². The average molecular weight is 331 g/mol. The van der Waals surface area contributed by atoms with Gasteiger partial charge < -0.3 is 19.4 Å². The van der Waals surface area contributed by atoms with Crippen LogP contribution in [0.2, 0.25) is 0 Å². The number of piperidine rings is 1. The van der Waals surface area contributed by atoms with Crippen molar-refractivity contribution in [2.24, 2.45) is 0 Å². The number of nitrogens with one attached hydrogen (secondary N) is 1. The van der Waals surface area contributed by atoms with Gasteiger partial charge in [-0.25, -0.2) is 4.79 Å². The van der Waals surface area contributed by atoms with Crippen LogP contribution < -0.4 is 10.2 Å². The van der Waals surface area contributed by atoms with Crippen molar-refractivity contribution >= 4 is 23.2 Å². The van der Waals surface area contributed by atoms with E-state index in [4.69, 9.17) is 9.15 Å². The van der Waals surface area contributed by atoms with E-state index in [0.717, 1.165) is 30.5 Å². The SMILES string of the molecule is CC1CC(NC(=O)OC(C)(C)C)CCN1c1nc2ccccc2o1. The second kappa shape index (κ2) is 6.34. The summed E-state index contributed by atoms with van der Waals surface area (Å²) in [5.41, 5.74) is 1.19. The monoisotopic (exact) mass is 331 g/mol. The Bertz CT molecular complexity index is 687. The first-order chi connectivity index (χ1) is 11.3. The van der Waals surface area contributed by atoms with Crippen molar-refractivity contribution in [1.82, 2.24) is 10.3 Å². The maximum Gasteiger partial charge on any atom is 0.407 e. The van der Waals surface area contributed by atoms with Gasteiger partial charge in [0.2, 0.25) is 0 Å². The van der Waals surface area contributed by atoms with Gasteiger partial charge in [0, 0.05) is 18.6 Å². The summed E-state index contributed by atoms with van der Waals surface area (Å²) in [6, 6.07) is 8.76. The number of carbonyl (C=O) groups is 1. The lowest BCUT2D eigenvalue weighted by Crippen LogP contribution is -2.50. The number of alkyl carbamates (subject to hydrolysis) is 1. The number of anilines is 1. The third-order valence-electron chi connectivity index (χ3n) is 4.13. The summed E-state index contributed by atoms with van der Waals surface area (Å²) in [5, 5.41) is 2.97. The molecule has 0 aliphatic carbocycles. The Morgan fingerprint density at radius 3 is 2.79 bits per heavy atom. The Balaban J connectivity index is 1.62. The standard InChI is InChI=1S/C18H25N3O3/c1-12-11-13(19-17(22)24-18(2,3)4)9-10-21(12)16-20-14-7-5-6-8-15(14)23-16/h5-8,12-13H,9-11H2,1-4H3,(H,19,22). The molecular formula is C18H25N3O3. The van der Waals surface area contributed by atoms with Crippen molar-refractivity contribution in [3.8, 4) is 0 Å². The molecule has 3 rings (SSSR count). The highest BCUT2D eigenvalue weighted by atomic mass is 16.6. The first-order valence-electron chi connectivity index (χ1n) is 8.43. The first kappa shape index (κ1) is 16.6. The van der Waals surface area contributed by atoms with Crippen LogP contribution in [-0.4, -0.2) is 35.3 Å². The van der Waals surface area contributed by atoms with Crippen LogP contribution in [0, 0.1) is 0 Å². The summed E-state index contributed by atoms with van der Waals surface area (Å²) in [7, 11) is 0. The average Bonchev–Trinajstić information content (AvgIpc) is 2.88. The molecule has 0 spiro atoms. The molecule has 2 aromatic rings. The van der Waals surface area contributed by atoms with Gasteiger partial charge in [0.25, 0.3) is 6.01 Å². The largest absolute Gasteiger partial charge is 0.444 e. The number of fused-ring (bicyclic) bond motifs is 1. The van der Waals surface area contributed by atoms with Crippen molar-refractivity contribution < 1.29 is 13.9 Å². The molecular weight excluding hydrogens is 306 g/mol. The second-order valence-electron chi connectivity index (χ2n) is 7.37. The lowest BCUT2D eigenvalue weighted by molar-refractivity contribution is 0.0493. The van der Waals surface area contributed by atoms with E-state index in [9.17, 15) is 4.79 Å². The van der Waals surface area contributed by atoms with E-state index in [2.05, 4.69) is 22.1 Å². The number of aromatic nitrogens is 1. The van der Waals surface area contributed by atoms with Crippen molar-refractivity contribution in [3.63, 3.8) is 0 Å². The molecule has 0 radical (unpaired) electrons. The minimum Gasteiger partial charge on any atom is -0.444 e. The van der Waals surface area contributed by atoms with E-state index in [1.165, 1.54) is 0 Å². The molecule has 1 aromatic heterocycles. The molecule has 24 heavy (non-hydrogen) atoms. The van der Waals surface area contributed by atoms with Crippen LogP contribution in [0.1, 0.15) is 40.5 Å². The van der Waals surface area contributed by atoms with Crippen LogP contribution in [0.15, 0.2) is 28.7 Å². The molecule has 6 heteroatoms. The van der Waals surface area contributed by atoms with E-state index >= 15 is 0 Å². The summed E-state index contributed by atoms with van der Waals surface area (Å²) in [6.45, 7) is 8.51. The number of benzene rings is 1. The fourth-order valence-corrected chi connectivity index (χ4v) is 3.04. The topological polar surface area (TPSA) is 67.6 Å². The number of hydrogen-bond donors (Lipinski definition) is 1. The fourth-order valence-electron chi connectivity index (χ4n) is 3.04. The van der Waals surface area contributed by atoms with Gasteiger partial charge in [-0.1, -0.05) is 12.1 Å². The Kier molecular flexibility index (Phi) is 4.39. The third-order valence-corrected chi connectivity index (χ3v) is 4.13. The molecule has 130 valence electrons. The molecule has 2 unspecified atom stereocenters. The Labute approximate surface area is 142 Å². The molecule has 1 aliphatic rings. The zero-order valence-electron chi connectivity index (χ0n) is 14.7. The predicted octanol–water partition coefficient (Wildman–Crippen LogP) is 3.71. The molecule has 1 saturated heterocycles. The summed E-state index contributed by atoms with van der Waals surface area (Å²) in [6.07, 6.45) is 1.32. The van der Waals surface area contributed by atoms with Gasteiger partial charge in [0.05, 0.1) is 0 Å². The Hall–Kier alpha value is -2.24. The minimum atomic E-state index is -0.478. The summed E-state index contributed by atoms with van der Waals surface area (Å²) < 4.78 is 11.2. The lowest BCUT2D eigenvalue weighted by Gasteiger charge is -2.37. The number of carbonyl (C=O) groups excluding carboxylic acids is 1. The van der Waals surface area contributed by atoms with Crippen LogP contribution >= 0.6 is 0 Å². The second-order valence-corrected chi connectivity index (χ2v) is 7.37. The summed E-state index contributed by atoms with van der Waals surface area (Å²) in [4.78, 5) is 18.7. The molecule has 0 bridgehead atoms. The summed E-state index contributed by atoms with van der Waals surface area (Å²) in [5.74, 6) is 0. The molecule has 2 atom stereocenters. The fraction of sp³-hybridized carbons (Fsp3) is 0.556. The molecule has 1 amide bonds. The van der Waals surface area contributed by atoms with E-state index in [0.29, 0.717) is 6.01 Å². The molecule has 1 aliphatic heterocycles. The van der Waals surface area contributed by atoms with Crippen LogP contribution in [0.4, 0.5) is 10.8 Å². The van der Waals surface area contributed by atoms with E-state index in [-0.39, 0.29) is 18.2 Å². The van der Waals surface area contributed by atoms with E-state index in [1.807, 2.05) is 45.0 Å². The zero-order chi connectivity index (χ0) is 17.3. The van der Waals surface area contributed by atoms with Gasteiger partial charge in [0.1, 0.15) is 11.1 Å². The number of hydrogen-bond acceptors (Lipinski definition) is 5. The number of oxazole rings is 1. The van der Waals surface area contributed by atoms with Crippen molar-refractivity contribution in [2.45, 2.75) is 58.2 Å². The van der Waals surface area contributed by atoms with Gasteiger partial charge in [-0.05, 0) is 52.7 Å². The van der Waals surface area contributed by atoms with Crippen LogP contribution in [0.25, 0.3) is 11.1 Å². The van der Waals surface area contributed by atoms with Crippen molar-refractivity contribution in [2.75, 3.05) is 11.4 Å². The number of rotatable bonds is 2. The number of para-hydroxylation sites is 2. The van der Waals surface area contributed by atoms with Gasteiger partial charge in [-0.3, -0.25) is 0 Å². The lowest BCUT2D eigenvalue weighted by atomic mass is 9.99. The molecule has 1 aromatic carbocycles. The maximum atomic E-state index is 11.9. The highest BCUT2D eigenvalue weighted by Crippen LogP contribution is 2.27.